The number of benzene rings is 2. The number of aromatic nitrogens is 1. The Balaban J connectivity index is 2.16. The van der Waals surface area contributed by atoms with E-state index in [1.165, 1.54) is 0 Å². The number of pyridine rings is 1. The van der Waals surface area contributed by atoms with Crippen LogP contribution in [0.15, 0.2) is 77.8 Å². The van der Waals surface area contributed by atoms with Gasteiger partial charge in [-0.05, 0) is 42.0 Å². The molecular formula is C20H15F3N2O4S. The van der Waals surface area contributed by atoms with E-state index in [2.05, 4.69) is 4.98 Å². The number of carboxylic acid groups (broad SMARTS) is 1. The summed E-state index contributed by atoms with van der Waals surface area (Å²) in [5.41, 5.74) is -0.911. The number of sulfonamides is 1. The molecule has 0 aliphatic heterocycles. The first-order valence-corrected chi connectivity index (χ1v) is 9.97. The molecule has 30 heavy (non-hydrogen) atoms. The first-order valence-electron chi connectivity index (χ1n) is 8.53. The zero-order valence-electron chi connectivity index (χ0n) is 15.2. The number of rotatable bonds is 6. The number of alkyl halides is 3. The molecule has 3 rings (SSSR count). The summed E-state index contributed by atoms with van der Waals surface area (Å²) in [5, 5.41) is 8.99. The highest BCUT2D eigenvalue weighted by molar-refractivity contribution is 7.92. The minimum absolute atomic E-state index is 0.155. The van der Waals surface area contributed by atoms with Gasteiger partial charge < -0.3 is 5.11 Å². The van der Waals surface area contributed by atoms with E-state index in [1.54, 1.807) is 30.3 Å². The minimum atomic E-state index is -4.83. The molecule has 1 aromatic heterocycles. The molecule has 0 atom stereocenters. The van der Waals surface area contributed by atoms with Gasteiger partial charge in [0, 0.05) is 6.20 Å². The SMILES string of the molecule is O=C(O)c1ccc(S(=O)(=O)N(Cc2ccccc2)c2ncccc2C(F)(F)F)cc1. The van der Waals surface area contributed by atoms with Crippen LogP contribution < -0.4 is 4.31 Å². The summed E-state index contributed by atoms with van der Waals surface area (Å²) < 4.78 is 67.8. The van der Waals surface area contributed by atoms with Crippen LogP contribution in [0, 0.1) is 0 Å². The second-order valence-corrected chi connectivity index (χ2v) is 8.06. The highest BCUT2D eigenvalue weighted by Gasteiger charge is 2.39. The third-order valence-corrected chi connectivity index (χ3v) is 5.94. The van der Waals surface area contributed by atoms with E-state index < -0.39 is 40.1 Å². The maximum atomic E-state index is 13.6. The highest BCUT2D eigenvalue weighted by atomic mass is 32.2. The second kappa shape index (κ2) is 8.15. The summed E-state index contributed by atoms with van der Waals surface area (Å²) in [4.78, 5) is 14.4. The molecule has 0 fully saturated rings. The Hall–Kier alpha value is -3.40. The second-order valence-electron chi connectivity index (χ2n) is 6.20. The van der Waals surface area contributed by atoms with Crippen molar-refractivity contribution >= 4 is 21.8 Å². The van der Waals surface area contributed by atoms with Gasteiger partial charge in [-0.15, -0.1) is 0 Å². The van der Waals surface area contributed by atoms with Crippen molar-refractivity contribution in [1.29, 1.82) is 0 Å². The molecule has 1 heterocycles. The zero-order valence-corrected chi connectivity index (χ0v) is 16.1. The summed E-state index contributed by atoms with van der Waals surface area (Å²) in [6, 6.07) is 14.1. The van der Waals surface area contributed by atoms with Crippen molar-refractivity contribution in [3.05, 3.63) is 89.6 Å². The summed E-state index contributed by atoms with van der Waals surface area (Å²) >= 11 is 0. The molecular weight excluding hydrogens is 421 g/mol. The smallest absolute Gasteiger partial charge is 0.419 e. The van der Waals surface area contributed by atoms with E-state index >= 15 is 0 Å². The Bertz CT molecular complexity index is 1150. The van der Waals surface area contributed by atoms with Crippen LogP contribution >= 0.6 is 0 Å². The number of halogens is 3. The third kappa shape index (κ3) is 4.43. The van der Waals surface area contributed by atoms with E-state index in [1.807, 2.05) is 0 Å². The lowest BCUT2D eigenvalue weighted by Gasteiger charge is -2.26. The topological polar surface area (TPSA) is 87.6 Å². The van der Waals surface area contributed by atoms with Crippen molar-refractivity contribution in [2.45, 2.75) is 17.6 Å². The van der Waals surface area contributed by atoms with E-state index in [4.69, 9.17) is 5.11 Å². The number of nitrogens with zero attached hydrogens (tertiary/aromatic N) is 2. The molecule has 0 unspecified atom stereocenters. The van der Waals surface area contributed by atoms with Crippen molar-refractivity contribution in [2.75, 3.05) is 4.31 Å². The van der Waals surface area contributed by atoms with Crippen molar-refractivity contribution in [3.63, 3.8) is 0 Å². The maximum Gasteiger partial charge on any atom is 0.419 e. The fourth-order valence-electron chi connectivity index (χ4n) is 2.74. The molecule has 0 radical (unpaired) electrons. The van der Waals surface area contributed by atoms with Crippen LogP contribution in [0.1, 0.15) is 21.5 Å². The Labute approximate surface area is 170 Å². The van der Waals surface area contributed by atoms with Gasteiger partial charge in [-0.25, -0.2) is 22.5 Å². The van der Waals surface area contributed by atoms with E-state index in [0.29, 0.717) is 9.87 Å². The van der Waals surface area contributed by atoms with Gasteiger partial charge >= 0.3 is 12.1 Å². The van der Waals surface area contributed by atoms with Crippen molar-refractivity contribution in [2.24, 2.45) is 0 Å². The Morgan fingerprint density at radius 2 is 1.60 bits per heavy atom. The largest absolute Gasteiger partial charge is 0.478 e. The van der Waals surface area contributed by atoms with Crippen LogP contribution in [-0.2, 0) is 22.7 Å². The fourth-order valence-corrected chi connectivity index (χ4v) is 4.16. The average Bonchev–Trinajstić information content (AvgIpc) is 2.72. The Kier molecular flexibility index (Phi) is 5.79. The molecule has 0 saturated heterocycles. The van der Waals surface area contributed by atoms with Gasteiger partial charge in [0.2, 0.25) is 0 Å². The lowest BCUT2D eigenvalue weighted by atomic mass is 10.2. The van der Waals surface area contributed by atoms with Crippen molar-refractivity contribution in [3.8, 4) is 0 Å². The van der Waals surface area contributed by atoms with Crippen LogP contribution in [0.3, 0.4) is 0 Å². The van der Waals surface area contributed by atoms with Gasteiger partial charge in [0.25, 0.3) is 10.0 Å². The predicted octanol–water partition coefficient (Wildman–Crippen LogP) is 4.19. The molecule has 0 aliphatic carbocycles. The van der Waals surface area contributed by atoms with E-state index in [0.717, 1.165) is 42.6 Å². The highest BCUT2D eigenvalue weighted by Crippen LogP contribution is 2.37. The minimum Gasteiger partial charge on any atom is -0.478 e. The Morgan fingerprint density at radius 3 is 2.17 bits per heavy atom. The van der Waals surface area contributed by atoms with Gasteiger partial charge in [0.05, 0.1) is 22.6 Å². The average molecular weight is 436 g/mol. The van der Waals surface area contributed by atoms with Crippen molar-refractivity contribution in [1.82, 2.24) is 4.98 Å². The third-order valence-electron chi connectivity index (χ3n) is 4.19. The van der Waals surface area contributed by atoms with Gasteiger partial charge in [-0.2, -0.15) is 13.2 Å². The number of hydrogen-bond donors (Lipinski definition) is 1. The number of carbonyl (C=O) groups is 1. The summed E-state index contributed by atoms with van der Waals surface area (Å²) in [7, 11) is -4.50. The van der Waals surface area contributed by atoms with Gasteiger partial charge in [0.15, 0.2) is 5.82 Å². The van der Waals surface area contributed by atoms with Crippen LogP contribution in [0.25, 0.3) is 0 Å². The molecule has 0 spiro atoms. The monoisotopic (exact) mass is 436 g/mol. The van der Waals surface area contributed by atoms with Gasteiger partial charge in [0.1, 0.15) is 0 Å². The molecule has 0 aliphatic rings. The van der Waals surface area contributed by atoms with E-state index in [-0.39, 0.29) is 10.5 Å². The number of hydrogen-bond acceptors (Lipinski definition) is 4. The number of carboxylic acids is 1. The summed E-state index contributed by atoms with van der Waals surface area (Å²) in [5.74, 6) is -2.03. The predicted molar refractivity (Wildman–Crippen MR) is 102 cm³/mol. The van der Waals surface area contributed by atoms with Gasteiger partial charge in [-0.1, -0.05) is 30.3 Å². The number of aromatic carboxylic acids is 1. The molecule has 10 heteroatoms. The van der Waals surface area contributed by atoms with Gasteiger partial charge in [-0.3, -0.25) is 0 Å². The summed E-state index contributed by atoms with van der Waals surface area (Å²) in [6.07, 6.45) is -3.76. The summed E-state index contributed by atoms with van der Waals surface area (Å²) in [6.45, 7) is -0.399. The molecule has 0 saturated carbocycles. The molecule has 0 amide bonds. The van der Waals surface area contributed by atoms with E-state index in [9.17, 15) is 26.4 Å². The van der Waals surface area contributed by atoms with Crippen LogP contribution in [0.5, 0.6) is 0 Å². The molecule has 3 aromatic rings. The van der Waals surface area contributed by atoms with Crippen LogP contribution in [-0.4, -0.2) is 24.5 Å². The molecule has 6 nitrogen and oxygen atoms in total. The Morgan fingerprint density at radius 1 is 0.967 bits per heavy atom. The van der Waals surface area contributed by atoms with Crippen LogP contribution in [0.4, 0.5) is 19.0 Å². The maximum absolute atomic E-state index is 13.6. The fraction of sp³-hybridized carbons (Fsp3) is 0.100. The molecule has 0 bridgehead atoms. The lowest BCUT2D eigenvalue weighted by Crippen LogP contribution is -2.33. The first kappa shape index (κ1) is 21.3. The first-order chi connectivity index (χ1) is 14.1. The zero-order chi connectivity index (χ0) is 21.9. The number of anilines is 1. The van der Waals surface area contributed by atoms with Crippen LogP contribution in [0.2, 0.25) is 0 Å². The quantitative estimate of drug-likeness (QED) is 0.626. The van der Waals surface area contributed by atoms with Crippen molar-refractivity contribution < 1.29 is 31.5 Å². The molecule has 2 aromatic carbocycles. The normalized spacial score (nSPS) is 11.8. The molecule has 1 N–H and O–H groups in total. The molecule has 156 valence electrons. The lowest BCUT2D eigenvalue weighted by molar-refractivity contribution is -0.137. The standard InChI is InChI=1S/C20H15F3N2O4S/c21-20(22,23)17-7-4-12-24-18(17)25(13-14-5-2-1-3-6-14)30(28,29)16-10-8-15(9-11-16)19(26)27/h1-12H,13H2,(H,26,27).